The second kappa shape index (κ2) is 4.45. The van der Waals surface area contributed by atoms with Crippen molar-refractivity contribution in [2.24, 2.45) is 0 Å². The minimum atomic E-state index is -0.898. The molecular formula is C12H14N2O3. The van der Waals surface area contributed by atoms with E-state index in [0.717, 1.165) is 11.3 Å². The van der Waals surface area contributed by atoms with E-state index in [1.807, 2.05) is 24.3 Å². The number of benzene rings is 1. The molecule has 90 valence electrons. The van der Waals surface area contributed by atoms with Crippen molar-refractivity contribution in [2.75, 3.05) is 18.5 Å². The molecule has 1 aromatic rings. The van der Waals surface area contributed by atoms with Gasteiger partial charge in [0.2, 0.25) is 5.91 Å². The standard InChI is InChI=1S/C12H14N2O3/c1-13-11(15)7-14-9-5-3-2-4-8(9)6-10(14)12(16)17/h2-5,10H,6-7H2,1H3,(H,13,15)(H,16,17). The summed E-state index contributed by atoms with van der Waals surface area (Å²) in [4.78, 5) is 24.2. The predicted molar refractivity (Wildman–Crippen MR) is 63.0 cm³/mol. The number of hydrogen-bond acceptors (Lipinski definition) is 3. The van der Waals surface area contributed by atoms with Crippen molar-refractivity contribution >= 4 is 17.6 Å². The highest BCUT2D eigenvalue weighted by Crippen LogP contribution is 2.31. The SMILES string of the molecule is CNC(=O)CN1c2ccccc2CC1C(=O)O. The Bertz CT molecular complexity index is 459. The maximum atomic E-state index is 11.4. The van der Waals surface area contributed by atoms with E-state index in [1.54, 1.807) is 11.9 Å². The molecule has 2 N–H and O–H groups in total. The van der Waals surface area contributed by atoms with Crippen LogP contribution in [-0.2, 0) is 16.0 Å². The quantitative estimate of drug-likeness (QED) is 0.786. The van der Waals surface area contributed by atoms with Gasteiger partial charge in [-0.2, -0.15) is 0 Å². The van der Waals surface area contributed by atoms with Crippen molar-refractivity contribution in [3.05, 3.63) is 29.8 Å². The third-order valence-corrected chi connectivity index (χ3v) is 2.97. The van der Waals surface area contributed by atoms with Crippen LogP contribution >= 0.6 is 0 Å². The van der Waals surface area contributed by atoms with Gasteiger partial charge >= 0.3 is 5.97 Å². The van der Waals surface area contributed by atoms with E-state index in [2.05, 4.69) is 5.32 Å². The first-order chi connectivity index (χ1) is 8.13. The Morgan fingerprint density at radius 1 is 1.47 bits per heavy atom. The number of rotatable bonds is 3. The van der Waals surface area contributed by atoms with E-state index in [-0.39, 0.29) is 12.5 Å². The van der Waals surface area contributed by atoms with Gasteiger partial charge in [0, 0.05) is 19.2 Å². The van der Waals surface area contributed by atoms with Crippen LogP contribution in [0.3, 0.4) is 0 Å². The summed E-state index contributed by atoms with van der Waals surface area (Å²) in [6.07, 6.45) is 0.447. The highest BCUT2D eigenvalue weighted by molar-refractivity contribution is 5.88. The maximum Gasteiger partial charge on any atom is 0.326 e. The molecule has 1 heterocycles. The van der Waals surface area contributed by atoms with Crippen LogP contribution in [0, 0.1) is 0 Å². The van der Waals surface area contributed by atoms with Gasteiger partial charge in [0.05, 0.1) is 6.54 Å². The van der Waals surface area contributed by atoms with E-state index in [0.29, 0.717) is 6.42 Å². The zero-order valence-corrected chi connectivity index (χ0v) is 9.51. The summed E-state index contributed by atoms with van der Waals surface area (Å²) in [5, 5.41) is 11.7. The molecule has 0 saturated heterocycles. The highest BCUT2D eigenvalue weighted by Gasteiger charge is 2.34. The smallest absolute Gasteiger partial charge is 0.326 e. The second-order valence-electron chi connectivity index (χ2n) is 3.99. The normalized spacial score (nSPS) is 17.7. The molecule has 17 heavy (non-hydrogen) atoms. The molecular weight excluding hydrogens is 220 g/mol. The largest absolute Gasteiger partial charge is 0.480 e. The Kier molecular flexibility index (Phi) is 2.99. The van der Waals surface area contributed by atoms with E-state index in [9.17, 15) is 9.59 Å². The molecule has 0 aromatic heterocycles. The average Bonchev–Trinajstić information content (AvgIpc) is 2.68. The van der Waals surface area contributed by atoms with E-state index in [1.165, 1.54) is 0 Å². The molecule has 0 aliphatic carbocycles. The number of likely N-dealkylation sites (N-methyl/N-ethyl adjacent to an activating group) is 1. The first-order valence-electron chi connectivity index (χ1n) is 5.41. The van der Waals surface area contributed by atoms with Crippen LogP contribution in [0.1, 0.15) is 5.56 Å². The number of fused-ring (bicyclic) bond motifs is 1. The molecule has 0 saturated carbocycles. The van der Waals surface area contributed by atoms with Gasteiger partial charge in [-0.05, 0) is 11.6 Å². The van der Waals surface area contributed by atoms with Crippen molar-refractivity contribution in [2.45, 2.75) is 12.5 Å². The van der Waals surface area contributed by atoms with Gasteiger partial charge in [-0.3, -0.25) is 4.79 Å². The summed E-state index contributed by atoms with van der Waals surface area (Å²) >= 11 is 0. The molecule has 1 amide bonds. The highest BCUT2D eigenvalue weighted by atomic mass is 16.4. The molecule has 0 spiro atoms. The van der Waals surface area contributed by atoms with Crippen molar-refractivity contribution in [1.29, 1.82) is 0 Å². The van der Waals surface area contributed by atoms with E-state index >= 15 is 0 Å². The van der Waals surface area contributed by atoms with Crippen molar-refractivity contribution in [1.82, 2.24) is 5.32 Å². The monoisotopic (exact) mass is 234 g/mol. The lowest BCUT2D eigenvalue weighted by atomic mass is 10.1. The van der Waals surface area contributed by atoms with Crippen molar-refractivity contribution in [3.63, 3.8) is 0 Å². The van der Waals surface area contributed by atoms with Crippen molar-refractivity contribution < 1.29 is 14.7 Å². The first kappa shape index (κ1) is 11.4. The van der Waals surface area contributed by atoms with Crippen LogP contribution in [0.2, 0.25) is 0 Å². The van der Waals surface area contributed by atoms with Crippen LogP contribution in [0.4, 0.5) is 5.69 Å². The minimum Gasteiger partial charge on any atom is -0.480 e. The third kappa shape index (κ3) is 2.08. The van der Waals surface area contributed by atoms with Gasteiger partial charge in [-0.15, -0.1) is 0 Å². The average molecular weight is 234 g/mol. The van der Waals surface area contributed by atoms with Gasteiger partial charge in [0.1, 0.15) is 6.04 Å². The third-order valence-electron chi connectivity index (χ3n) is 2.97. The molecule has 0 radical (unpaired) electrons. The number of nitrogens with one attached hydrogen (secondary N) is 1. The summed E-state index contributed by atoms with van der Waals surface area (Å²) in [5.41, 5.74) is 1.81. The summed E-state index contributed by atoms with van der Waals surface area (Å²) in [6.45, 7) is 0.0739. The number of carbonyl (C=O) groups excluding carboxylic acids is 1. The first-order valence-corrected chi connectivity index (χ1v) is 5.41. The summed E-state index contributed by atoms with van der Waals surface area (Å²) < 4.78 is 0. The lowest BCUT2D eigenvalue weighted by Crippen LogP contribution is -2.44. The molecule has 2 rings (SSSR count). The van der Waals surface area contributed by atoms with Gasteiger partial charge in [-0.25, -0.2) is 4.79 Å². The zero-order valence-electron chi connectivity index (χ0n) is 9.51. The summed E-state index contributed by atoms with van der Waals surface area (Å²) in [5.74, 6) is -1.09. The fourth-order valence-electron chi connectivity index (χ4n) is 2.10. The summed E-state index contributed by atoms with van der Waals surface area (Å²) in [7, 11) is 1.54. The Morgan fingerprint density at radius 2 is 2.18 bits per heavy atom. The van der Waals surface area contributed by atoms with Gasteiger partial charge in [0.25, 0.3) is 0 Å². The number of para-hydroxylation sites is 1. The Hall–Kier alpha value is -2.04. The zero-order chi connectivity index (χ0) is 12.4. The Balaban J connectivity index is 2.30. The van der Waals surface area contributed by atoms with Gasteiger partial charge < -0.3 is 15.3 Å². The predicted octanol–water partition coefficient (Wildman–Crippen LogP) is 0.248. The van der Waals surface area contributed by atoms with Gasteiger partial charge in [0.15, 0.2) is 0 Å². The number of hydrogen-bond donors (Lipinski definition) is 2. The maximum absolute atomic E-state index is 11.4. The number of anilines is 1. The van der Waals surface area contributed by atoms with Crippen LogP contribution < -0.4 is 10.2 Å². The molecule has 1 aliphatic rings. The van der Waals surface area contributed by atoms with Crippen LogP contribution in [0.5, 0.6) is 0 Å². The molecule has 0 fully saturated rings. The minimum absolute atomic E-state index is 0.0739. The summed E-state index contributed by atoms with van der Waals surface area (Å²) in [6, 6.07) is 6.82. The van der Waals surface area contributed by atoms with Crippen molar-refractivity contribution in [3.8, 4) is 0 Å². The molecule has 1 atom stereocenters. The Labute approximate surface area is 99.0 Å². The number of aliphatic carboxylic acids is 1. The van der Waals surface area contributed by atoms with Crippen LogP contribution in [-0.4, -0.2) is 36.6 Å². The lowest BCUT2D eigenvalue weighted by Gasteiger charge is -2.23. The molecule has 1 aromatic carbocycles. The van der Waals surface area contributed by atoms with Crippen LogP contribution in [0.15, 0.2) is 24.3 Å². The molecule has 1 unspecified atom stereocenters. The van der Waals surface area contributed by atoms with E-state index < -0.39 is 12.0 Å². The topological polar surface area (TPSA) is 69.6 Å². The number of carboxylic acids is 1. The lowest BCUT2D eigenvalue weighted by molar-refractivity contribution is -0.138. The molecule has 1 aliphatic heterocycles. The fraction of sp³-hybridized carbons (Fsp3) is 0.333. The number of nitrogens with zero attached hydrogens (tertiary/aromatic N) is 1. The molecule has 5 heteroatoms. The molecule has 5 nitrogen and oxygen atoms in total. The number of carbonyl (C=O) groups is 2. The number of carboxylic acid groups (broad SMARTS) is 1. The van der Waals surface area contributed by atoms with E-state index in [4.69, 9.17) is 5.11 Å². The number of amides is 1. The Morgan fingerprint density at radius 3 is 2.82 bits per heavy atom. The second-order valence-corrected chi connectivity index (χ2v) is 3.99. The fourth-order valence-corrected chi connectivity index (χ4v) is 2.10. The van der Waals surface area contributed by atoms with Gasteiger partial charge in [-0.1, -0.05) is 18.2 Å². The van der Waals surface area contributed by atoms with Crippen LogP contribution in [0.25, 0.3) is 0 Å². The molecule has 0 bridgehead atoms.